The number of nitro groups is 1. The average molecular weight is 237 g/mol. The highest BCUT2D eigenvalue weighted by Gasteiger charge is 2.11. The standard InChI is InChI=1S/C9H7N3O3S/c13-5-8-9(11-16-10-8)6-1-3-7(4-2-6)12(14)15/h1-4,13H,5H2. The van der Waals surface area contributed by atoms with Crippen LogP contribution >= 0.6 is 11.7 Å². The lowest BCUT2D eigenvalue weighted by Crippen LogP contribution is -1.90. The Kier molecular flexibility index (Phi) is 2.88. The molecule has 6 nitrogen and oxygen atoms in total. The molecular weight excluding hydrogens is 230 g/mol. The molecule has 2 aromatic rings. The van der Waals surface area contributed by atoms with Crippen molar-refractivity contribution in [3.8, 4) is 11.3 Å². The fourth-order valence-electron chi connectivity index (χ4n) is 1.27. The third-order valence-electron chi connectivity index (χ3n) is 2.06. The van der Waals surface area contributed by atoms with E-state index in [-0.39, 0.29) is 12.3 Å². The smallest absolute Gasteiger partial charge is 0.269 e. The number of hydrogen-bond donors (Lipinski definition) is 1. The van der Waals surface area contributed by atoms with Crippen molar-refractivity contribution in [3.05, 3.63) is 40.1 Å². The Hall–Kier alpha value is -1.86. The number of nitro benzene ring substituents is 1. The van der Waals surface area contributed by atoms with Gasteiger partial charge in [0.1, 0.15) is 11.4 Å². The summed E-state index contributed by atoms with van der Waals surface area (Å²) in [7, 11) is 0. The first kappa shape index (κ1) is 10.7. The lowest BCUT2D eigenvalue weighted by atomic mass is 10.1. The van der Waals surface area contributed by atoms with Crippen molar-refractivity contribution in [3.63, 3.8) is 0 Å². The maximum absolute atomic E-state index is 10.5. The Bertz CT molecular complexity index is 509. The lowest BCUT2D eigenvalue weighted by molar-refractivity contribution is -0.384. The first-order valence-electron chi connectivity index (χ1n) is 4.39. The molecule has 7 heteroatoms. The van der Waals surface area contributed by atoms with Crippen LogP contribution in [0.4, 0.5) is 5.69 Å². The van der Waals surface area contributed by atoms with Gasteiger partial charge in [-0.2, -0.15) is 8.75 Å². The normalized spacial score (nSPS) is 10.3. The number of aliphatic hydroxyl groups is 1. The number of aliphatic hydroxyl groups excluding tert-OH is 1. The van der Waals surface area contributed by atoms with Crippen LogP contribution in [0.1, 0.15) is 5.69 Å². The number of benzene rings is 1. The number of aromatic nitrogens is 2. The largest absolute Gasteiger partial charge is 0.390 e. The van der Waals surface area contributed by atoms with Crippen LogP contribution in [0.5, 0.6) is 0 Å². The van der Waals surface area contributed by atoms with E-state index in [9.17, 15) is 10.1 Å². The summed E-state index contributed by atoms with van der Waals surface area (Å²) in [5.74, 6) is 0. The molecule has 0 aliphatic carbocycles. The van der Waals surface area contributed by atoms with E-state index in [1.807, 2.05) is 0 Å². The topological polar surface area (TPSA) is 89.2 Å². The minimum Gasteiger partial charge on any atom is -0.390 e. The van der Waals surface area contributed by atoms with Gasteiger partial charge >= 0.3 is 0 Å². The van der Waals surface area contributed by atoms with Gasteiger partial charge in [0.25, 0.3) is 5.69 Å². The van der Waals surface area contributed by atoms with Gasteiger partial charge in [-0.15, -0.1) is 0 Å². The van der Waals surface area contributed by atoms with Gasteiger partial charge in [0.05, 0.1) is 23.3 Å². The van der Waals surface area contributed by atoms with Crippen LogP contribution in [-0.2, 0) is 6.61 Å². The first-order valence-corrected chi connectivity index (χ1v) is 5.12. The van der Waals surface area contributed by atoms with Gasteiger partial charge in [0.2, 0.25) is 0 Å². The van der Waals surface area contributed by atoms with Crippen molar-refractivity contribution in [1.82, 2.24) is 8.75 Å². The molecule has 1 heterocycles. The summed E-state index contributed by atoms with van der Waals surface area (Å²) in [5, 5.41) is 19.5. The first-order chi connectivity index (χ1) is 7.72. The zero-order valence-electron chi connectivity index (χ0n) is 8.03. The molecule has 16 heavy (non-hydrogen) atoms. The maximum Gasteiger partial charge on any atom is 0.269 e. The Morgan fingerprint density at radius 2 is 2.00 bits per heavy atom. The molecule has 0 bridgehead atoms. The van der Waals surface area contributed by atoms with Crippen molar-refractivity contribution in [1.29, 1.82) is 0 Å². The summed E-state index contributed by atoms with van der Waals surface area (Å²) in [6.07, 6.45) is 0. The van der Waals surface area contributed by atoms with Crippen molar-refractivity contribution < 1.29 is 10.0 Å². The molecule has 0 unspecified atom stereocenters. The Labute approximate surface area is 94.7 Å². The Morgan fingerprint density at radius 1 is 1.31 bits per heavy atom. The SMILES string of the molecule is O=[N+]([O-])c1ccc(-c2nsnc2CO)cc1. The highest BCUT2D eigenvalue weighted by Crippen LogP contribution is 2.24. The van der Waals surface area contributed by atoms with Crippen molar-refractivity contribution in [2.24, 2.45) is 0 Å². The molecule has 82 valence electrons. The Balaban J connectivity index is 2.38. The summed E-state index contributed by atoms with van der Waals surface area (Å²) < 4.78 is 7.95. The molecule has 0 atom stereocenters. The van der Waals surface area contributed by atoms with E-state index in [0.29, 0.717) is 17.0 Å². The molecule has 0 spiro atoms. The molecule has 0 saturated carbocycles. The zero-order chi connectivity index (χ0) is 11.5. The average Bonchev–Trinajstić information content (AvgIpc) is 2.77. The quantitative estimate of drug-likeness (QED) is 0.647. The minimum absolute atomic E-state index is 0.0255. The second kappa shape index (κ2) is 4.33. The van der Waals surface area contributed by atoms with Gasteiger partial charge < -0.3 is 5.11 Å². The predicted molar refractivity (Wildman–Crippen MR) is 57.9 cm³/mol. The minimum atomic E-state index is -0.462. The molecule has 1 aromatic heterocycles. The van der Waals surface area contributed by atoms with Crippen LogP contribution in [0, 0.1) is 10.1 Å². The van der Waals surface area contributed by atoms with Gasteiger partial charge in [0.15, 0.2) is 0 Å². The second-order valence-corrected chi connectivity index (χ2v) is 3.55. The van der Waals surface area contributed by atoms with Crippen molar-refractivity contribution >= 4 is 17.4 Å². The van der Waals surface area contributed by atoms with E-state index in [1.165, 1.54) is 12.1 Å². The van der Waals surface area contributed by atoms with Crippen molar-refractivity contribution in [2.45, 2.75) is 6.61 Å². The predicted octanol–water partition coefficient (Wildman–Crippen LogP) is 1.61. The fraction of sp³-hybridized carbons (Fsp3) is 0.111. The van der Waals surface area contributed by atoms with Crippen LogP contribution in [0.3, 0.4) is 0 Å². The molecule has 1 N–H and O–H groups in total. The van der Waals surface area contributed by atoms with Gasteiger partial charge in [-0.1, -0.05) is 0 Å². The molecule has 2 rings (SSSR count). The molecule has 0 aliphatic rings. The maximum atomic E-state index is 10.5. The second-order valence-electron chi connectivity index (χ2n) is 3.02. The summed E-state index contributed by atoms with van der Waals surface area (Å²) in [4.78, 5) is 10.00. The third-order valence-corrected chi connectivity index (χ3v) is 2.62. The van der Waals surface area contributed by atoms with E-state index in [1.54, 1.807) is 12.1 Å². The van der Waals surface area contributed by atoms with Gasteiger partial charge in [-0.25, -0.2) is 0 Å². The molecule has 0 fully saturated rings. The summed E-state index contributed by atoms with van der Waals surface area (Å²) in [5.41, 5.74) is 1.79. The van der Waals surface area contributed by atoms with E-state index in [2.05, 4.69) is 8.75 Å². The summed E-state index contributed by atoms with van der Waals surface area (Å²) >= 11 is 1.00. The molecule has 0 aliphatic heterocycles. The van der Waals surface area contributed by atoms with Gasteiger partial charge in [-0.3, -0.25) is 10.1 Å². The highest BCUT2D eigenvalue weighted by atomic mass is 32.1. The van der Waals surface area contributed by atoms with Crippen molar-refractivity contribution in [2.75, 3.05) is 0 Å². The zero-order valence-corrected chi connectivity index (χ0v) is 8.85. The van der Waals surface area contributed by atoms with Crippen LogP contribution in [0.15, 0.2) is 24.3 Å². The summed E-state index contributed by atoms with van der Waals surface area (Å²) in [6.45, 7) is -0.192. The summed E-state index contributed by atoms with van der Waals surface area (Å²) in [6, 6.07) is 5.98. The number of hydrogen-bond acceptors (Lipinski definition) is 6. The Morgan fingerprint density at radius 3 is 2.56 bits per heavy atom. The monoisotopic (exact) mass is 237 g/mol. The molecule has 0 amide bonds. The third kappa shape index (κ3) is 1.90. The molecule has 0 saturated heterocycles. The number of rotatable bonds is 3. The fourth-order valence-corrected chi connectivity index (χ4v) is 1.85. The van der Waals surface area contributed by atoms with E-state index >= 15 is 0 Å². The van der Waals surface area contributed by atoms with E-state index in [4.69, 9.17) is 5.11 Å². The highest BCUT2D eigenvalue weighted by molar-refractivity contribution is 6.99. The van der Waals surface area contributed by atoms with Crippen LogP contribution < -0.4 is 0 Å². The number of nitrogens with zero attached hydrogens (tertiary/aromatic N) is 3. The molecular formula is C9H7N3O3S. The van der Waals surface area contributed by atoms with Crippen LogP contribution in [-0.4, -0.2) is 18.8 Å². The van der Waals surface area contributed by atoms with Crippen LogP contribution in [0.2, 0.25) is 0 Å². The molecule has 1 aromatic carbocycles. The number of non-ortho nitro benzene ring substituents is 1. The van der Waals surface area contributed by atoms with E-state index in [0.717, 1.165) is 11.7 Å². The van der Waals surface area contributed by atoms with E-state index < -0.39 is 4.92 Å². The lowest BCUT2D eigenvalue weighted by Gasteiger charge is -1.98. The van der Waals surface area contributed by atoms with Crippen LogP contribution in [0.25, 0.3) is 11.3 Å². The van der Waals surface area contributed by atoms with Gasteiger partial charge in [0, 0.05) is 17.7 Å². The molecule has 0 radical (unpaired) electrons. The van der Waals surface area contributed by atoms with Gasteiger partial charge in [-0.05, 0) is 12.1 Å².